The Bertz CT molecular complexity index is 543. The van der Waals surface area contributed by atoms with Gasteiger partial charge in [-0.25, -0.2) is 4.98 Å². The highest BCUT2D eigenvalue weighted by atomic mass is 79.9. The summed E-state index contributed by atoms with van der Waals surface area (Å²) < 4.78 is 6.20. The minimum absolute atomic E-state index is 0.400. The summed E-state index contributed by atoms with van der Waals surface area (Å²) in [5.41, 5.74) is 6.13. The summed E-state index contributed by atoms with van der Waals surface area (Å²) in [6, 6.07) is 6.63. The summed E-state index contributed by atoms with van der Waals surface area (Å²) in [5, 5.41) is 0.998. The van der Waals surface area contributed by atoms with Crippen LogP contribution in [0.4, 0.5) is 5.69 Å². The van der Waals surface area contributed by atoms with Crippen LogP contribution in [0.2, 0.25) is 10.0 Å². The standard InChI is InChI=1S/C11H7BrCl2N2O/c12-10-4-8(15)5-16-11(10)17-9-2-6(13)1-7(14)3-9/h1-5H,15H2. The van der Waals surface area contributed by atoms with Gasteiger partial charge < -0.3 is 10.5 Å². The zero-order valence-electron chi connectivity index (χ0n) is 8.45. The van der Waals surface area contributed by atoms with Gasteiger partial charge in [-0.15, -0.1) is 0 Å². The van der Waals surface area contributed by atoms with Gasteiger partial charge in [0, 0.05) is 10.0 Å². The predicted octanol–water partition coefficient (Wildman–Crippen LogP) is 4.53. The van der Waals surface area contributed by atoms with Crippen LogP contribution < -0.4 is 10.5 Å². The number of nitrogens with two attached hydrogens (primary N) is 1. The van der Waals surface area contributed by atoms with E-state index < -0.39 is 0 Å². The zero-order chi connectivity index (χ0) is 12.4. The lowest BCUT2D eigenvalue weighted by molar-refractivity contribution is 0.460. The maximum Gasteiger partial charge on any atom is 0.233 e. The highest BCUT2D eigenvalue weighted by Gasteiger charge is 2.06. The summed E-state index contributed by atoms with van der Waals surface area (Å²) in [4.78, 5) is 4.05. The molecule has 2 N–H and O–H groups in total. The van der Waals surface area contributed by atoms with Gasteiger partial charge in [-0.2, -0.15) is 0 Å². The molecule has 0 radical (unpaired) electrons. The zero-order valence-corrected chi connectivity index (χ0v) is 11.6. The molecule has 0 spiro atoms. The lowest BCUT2D eigenvalue weighted by Gasteiger charge is -2.07. The number of nitrogen functional groups attached to an aromatic ring is 1. The average Bonchev–Trinajstić information content (AvgIpc) is 2.21. The lowest BCUT2D eigenvalue weighted by Crippen LogP contribution is -1.92. The molecule has 3 nitrogen and oxygen atoms in total. The van der Waals surface area contributed by atoms with Crippen LogP contribution in [0.3, 0.4) is 0 Å². The number of hydrogen-bond acceptors (Lipinski definition) is 3. The van der Waals surface area contributed by atoms with Crippen molar-refractivity contribution in [2.75, 3.05) is 5.73 Å². The molecule has 0 aliphatic rings. The van der Waals surface area contributed by atoms with E-state index in [1.807, 2.05) is 0 Å². The Morgan fingerprint density at radius 2 is 1.76 bits per heavy atom. The average molecular weight is 334 g/mol. The second-order valence-electron chi connectivity index (χ2n) is 3.26. The molecule has 6 heteroatoms. The van der Waals surface area contributed by atoms with Gasteiger partial charge in [0.1, 0.15) is 5.75 Å². The molecule has 0 aliphatic carbocycles. The number of halogens is 3. The SMILES string of the molecule is Nc1cnc(Oc2cc(Cl)cc(Cl)c2)c(Br)c1. The molecule has 0 unspecified atom stereocenters. The van der Waals surface area contributed by atoms with Gasteiger partial charge in [0.25, 0.3) is 0 Å². The van der Waals surface area contributed by atoms with Crippen molar-refractivity contribution < 1.29 is 4.74 Å². The number of anilines is 1. The maximum atomic E-state index is 5.86. The van der Waals surface area contributed by atoms with E-state index in [0.717, 1.165) is 0 Å². The van der Waals surface area contributed by atoms with Crippen LogP contribution in [0.25, 0.3) is 0 Å². The maximum absolute atomic E-state index is 5.86. The first-order chi connectivity index (χ1) is 8.04. The first kappa shape index (κ1) is 12.5. The molecule has 0 aliphatic heterocycles. The van der Waals surface area contributed by atoms with Gasteiger partial charge in [0.05, 0.1) is 16.4 Å². The van der Waals surface area contributed by atoms with Crippen molar-refractivity contribution in [3.8, 4) is 11.6 Å². The Balaban J connectivity index is 2.31. The molecular weight excluding hydrogens is 327 g/mol. The molecule has 0 bridgehead atoms. The molecule has 0 amide bonds. The van der Waals surface area contributed by atoms with Gasteiger partial charge in [-0.05, 0) is 40.2 Å². The number of nitrogens with zero attached hydrogens (tertiary/aromatic N) is 1. The highest BCUT2D eigenvalue weighted by Crippen LogP contribution is 2.31. The van der Waals surface area contributed by atoms with Crippen molar-refractivity contribution in [2.45, 2.75) is 0 Å². The number of rotatable bonds is 2. The van der Waals surface area contributed by atoms with Gasteiger partial charge in [0.15, 0.2) is 0 Å². The van der Waals surface area contributed by atoms with Gasteiger partial charge in [-0.3, -0.25) is 0 Å². The molecule has 1 aromatic carbocycles. The molecule has 2 aromatic rings. The molecule has 0 fully saturated rings. The third kappa shape index (κ3) is 3.25. The predicted molar refractivity (Wildman–Crippen MR) is 72.9 cm³/mol. The molecule has 0 atom stereocenters. The molecule has 17 heavy (non-hydrogen) atoms. The molecular formula is C11H7BrCl2N2O. The summed E-state index contributed by atoms with van der Waals surface area (Å²) in [6.07, 6.45) is 1.51. The molecule has 88 valence electrons. The van der Waals surface area contributed by atoms with Crippen LogP contribution in [0.15, 0.2) is 34.9 Å². The third-order valence-corrected chi connectivity index (χ3v) is 2.88. The molecule has 0 saturated carbocycles. The van der Waals surface area contributed by atoms with Crippen molar-refractivity contribution in [2.24, 2.45) is 0 Å². The van der Waals surface area contributed by atoms with Crippen LogP contribution >= 0.6 is 39.1 Å². The molecule has 0 saturated heterocycles. The van der Waals surface area contributed by atoms with E-state index in [1.165, 1.54) is 6.20 Å². The first-order valence-corrected chi connectivity index (χ1v) is 6.14. The van der Waals surface area contributed by atoms with Crippen molar-refractivity contribution in [3.63, 3.8) is 0 Å². The molecule has 1 aromatic heterocycles. The number of ether oxygens (including phenoxy) is 1. The minimum atomic E-state index is 0.400. The Morgan fingerprint density at radius 1 is 1.12 bits per heavy atom. The van der Waals surface area contributed by atoms with E-state index in [2.05, 4.69) is 20.9 Å². The van der Waals surface area contributed by atoms with Crippen LogP contribution in [-0.2, 0) is 0 Å². The van der Waals surface area contributed by atoms with Crippen LogP contribution in [0, 0.1) is 0 Å². The Hall–Kier alpha value is -0.970. The Morgan fingerprint density at radius 3 is 2.35 bits per heavy atom. The minimum Gasteiger partial charge on any atom is -0.438 e. The van der Waals surface area contributed by atoms with Crippen molar-refractivity contribution in [1.29, 1.82) is 0 Å². The fourth-order valence-corrected chi connectivity index (χ4v) is 2.17. The van der Waals surface area contributed by atoms with Crippen molar-refractivity contribution in [1.82, 2.24) is 4.98 Å². The molecule has 2 rings (SSSR count). The fourth-order valence-electron chi connectivity index (χ4n) is 1.21. The van der Waals surface area contributed by atoms with Gasteiger partial charge in [0.2, 0.25) is 5.88 Å². The normalized spacial score (nSPS) is 10.3. The van der Waals surface area contributed by atoms with Crippen LogP contribution in [0.1, 0.15) is 0 Å². The van der Waals surface area contributed by atoms with E-state index in [-0.39, 0.29) is 0 Å². The van der Waals surface area contributed by atoms with E-state index in [1.54, 1.807) is 24.3 Å². The van der Waals surface area contributed by atoms with Crippen LogP contribution in [-0.4, -0.2) is 4.98 Å². The summed E-state index contributed by atoms with van der Waals surface area (Å²) in [7, 11) is 0. The van der Waals surface area contributed by atoms with E-state index >= 15 is 0 Å². The van der Waals surface area contributed by atoms with E-state index in [0.29, 0.717) is 31.8 Å². The lowest BCUT2D eigenvalue weighted by atomic mass is 10.3. The van der Waals surface area contributed by atoms with E-state index in [9.17, 15) is 0 Å². The quantitative estimate of drug-likeness (QED) is 0.878. The second-order valence-corrected chi connectivity index (χ2v) is 4.99. The topological polar surface area (TPSA) is 48.1 Å². The van der Waals surface area contributed by atoms with Gasteiger partial charge >= 0.3 is 0 Å². The summed E-state index contributed by atoms with van der Waals surface area (Å²) in [5.74, 6) is 0.915. The number of pyridine rings is 1. The third-order valence-electron chi connectivity index (χ3n) is 1.88. The Labute approximate surface area is 117 Å². The number of benzene rings is 1. The van der Waals surface area contributed by atoms with E-state index in [4.69, 9.17) is 33.7 Å². The summed E-state index contributed by atoms with van der Waals surface area (Å²) >= 11 is 15.0. The highest BCUT2D eigenvalue weighted by molar-refractivity contribution is 9.10. The van der Waals surface area contributed by atoms with Crippen molar-refractivity contribution >= 4 is 44.8 Å². The summed E-state index contributed by atoms with van der Waals surface area (Å²) in [6.45, 7) is 0. The van der Waals surface area contributed by atoms with Gasteiger partial charge in [-0.1, -0.05) is 23.2 Å². The Kier molecular flexibility index (Phi) is 3.76. The van der Waals surface area contributed by atoms with Crippen molar-refractivity contribution in [3.05, 3.63) is 45.0 Å². The smallest absolute Gasteiger partial charge is 0.233 e. The fraction of sp³-hybridized carbons (Fsp3) is 0. The second kappa shape index (κ2) is 5.12. The van der Waals surface area contributed by atoms with Crippen LogP contribution in [0.5, 0.6) is 11.6 Å². The molecule has 1 heterocycles. The number of hydrogen-bond donors (Lipinski definition) is 1. The first-order valence-electron chi connectivity index (χ1n) is 4.59. The monoisotopic (exact) mass is 332 g/mol. The number of aromatic nitrogens is 1. The largest absolute Gasteiger partial charge is 0.438 e.